The predicted molar refractivity (Wildman–Crippen MR) is 52.3 cm³/mol. The van der Waals surface area contributed by atoms with Gasteiger partial charge in [-0.05, 0) is 0 Å². The molecule has 0 unspecified atom stereocenters. The molecule has 0 bridgehead atoms. The average Bonchev–Trinajstić information content (AvgIpc) is 2.82. The lowest BCUT2D eigenvalue weighted by Crippen LogP contribution is -1.96. The third-order valence-corrected chi connectivity index (χ3v) is 2.08. The summed E-state index contributed by atoms with van der Waals surface area (Å²) >= 11 is 0. The molecular weight excluding hydrogens is 232 g/mol. The zero-order valence-corrected chi connectivity index (χ0v) is 8.52. The maximum absolute atomic E-state index is 10.7. The summed E-state index contributed by atoms with van der Waals surface area (Å²) in [5, 5.41) is 26.4. The molecule has 2 aromatic rings. The molecule has 0 saturated carbocycles. The van der Waals surface area contributed by atoms with Gasteiger partial charge < -0.3 is 9.63 Å². The number of hydrogen-bond donors (Lipinski definition) is 1. The van der Waals surface area contributed by atoms with Gasteiger partial charge in [-0.25, -0.2) is 4.79 Å². The Hall–Kier alpha value is -2.71. The van der Waals surface area contributed by atoms with Crippen LogP contribution in [0.2, 0.25) is 0 Å². The van der Waals surface area contributed by atoms with Gasteiger partial charge in [0, 0.05) is 13.1 Å². The highest BCUT2D eigenvalue weighted by molar-refractivity contribution is 5.86. The van der Waals surface area contributed by atoms with Crippen molar-refractivity contribution in [3.05, 3.63) is 28.1 Å². The van der Waals surface area contributed by atoms with Crippen LogP contribution in [0.15, 0.2) is 16.8 Å². The van der Waals surface area contributed by atoms with Gasteiger partial charge in [-0.2, -0.15) is 5.10 Å². The number of nitro groups is 1. The van der Waals surface area contributed by atoms with Crippen LogP contribution in [0.5, 0.6) is 0 Å². The molecule has 1 N–H and O–H groups in total. The first kappa shape index (κ1) is 10.8. The van der Waals surface area contributed by atoms with Gasteiger partial charge in [-0.1, -0.05) is 5.16 Å². The summed E-state index contributed by atoms with van der Waals surface area (Å²) in [6, 6.07) is 1.10. The second kappa shape index (κ2) is 3.70. The third kappa shape index (κ3) is 1.73. The summed E-state index contributed by atoms with van der Waals surface area (Å²) < 4.78 is 5.96. The standard InChI is InChI=1S/C8H6N4O5/c1-11-7(5(3-9-11)12(15)16)6-2-4(8(13)14)10-17-6/h2-3H,1H3,(H,13,14). The lowest BCUT2D eigenvalue weighted by Gasteiger charge is -1.94. The second-order valence-electron chi connectivity index (χ2n) is 3.14. The molecule has 0 spiro atoms. The molecular formula is C8H6N4O5. The Morgan fingerprint density at radius 3 is 2.88 bits per heavy atom. The normalized spacial score (nSPS) is 10.4. The molecule has 9 nitrogen and oxygen atoms in total. The van der Waals surface area contributed by atoms with Crippen LogP contribution in [-0.2, 0) is 7.05 Å². The molecule has 0 aliphatic carbocycles. The lowest BCUT2D eigenvalue weighted by molar-refractivity contribution is -0.384. The van der Waals surface area contributed by atoms with E-state index in [4.69, 9.17) is 9.63 Å². The zero-order chi connectivity index (χ0) is 12.6. The van der Waals surface area contributed by atoms with E-state index in [1.807, 2.05) is 0 Å². The molecule has 0 atom stereocenters. The van der Waals surface area contributed by atoms with Crippen LogP contribution in [0, 0.1) is 10.1 Å². The molecule has 0 fully saturated rings. The van der Waals surface area contributed by atoms with Crippen molar-refractivity contribution in [2.45, 2.75) is 0 Å². The quantitative estimate of drug-likeness (QED) is 0.615. The number of aromatic carboxylic acids is 1. The van der Waals surface area contributed by atoms with Crippen LogP contribution in [0.4, 0.5) is 5.69 Å². The van der Waals surface area contributed by atoms with Crippen LogP contribution < -0.4 is 0 Å². The minimum atomic E-state index is -1.27. The smallest absolute Gasteiger partial charge is 0.358 e. The van der Waals surface area contributed by atoms with Crippen LogP contribution in [-0.4, -0.2) is 30.9 Å². The van der Waals surface area contributed by atoms with E-state index in [1.54, 1.807) is 0 Å². The van der Waals surface area contributed by atoms with Gasteiger partial charge in [0.2, 0.25) is 0 Å². The van der Waals surface area contributed by atoms with Gasteiger partial charge in [0.25, 0.3) is 0 Å². The largest absolute Gasteiger partial charge is 0.476 e. The van der Waals surface area contributed by atoms with E-state index in [0.29, 0.717) is 0 Å². The van der Waals surface area contributed by atoms with Crippen molar-refractivity contribution >= 4 is 11.7 Å². The van der Waals surface area contributed by atoms with Gasteiger partial charge in [-0.15, -0.1) is 0 Å². The molecule has 2 rings (SSSR count). The maximum Gasteiger partial charge on any atom is 0.358 e. The molecule has 0 saturated heterocycles. The van der Waals surface area contributed by atoms with Crippen molar-refractivity contribution in [2.75, 3.05) is 0 Å². The Morgan fingerprint density at radius 2 is 2.35 bits per heavy atom. The molecule has 0 radical (unpaired) electrons. The van der Waals surface area contributed by atoms with E-state index in [0.717, 1.165) is 12.3 Å². The minimum Gasteiger partial charge on any atom is -0.476 e. The highest BCUT2D eigenvalue weighted by atomic mass is 16.6. The van der Waals surface area contributed by atoms with Gasteiger partial charge in [0.05, 0.1) is 4.92 Å². The number of rotatable bonds is 3. The summed E-state index contributed by atoms with van der Waals surface area (Å²) in [5.74, 6) is -1.29. The molecule has 88 valence electrons. The fourth-order valence-electron chi connectivity index (χ4n) is 1.33. The number of nitrogens with zero attached hydrogens (tertiary/aromatic N) is 4. The van der Waals surface area contributed by atoms with Gasteiger partial charge in [-0.3, -0.25) is 14.8 Å². The first-order valence-corrected chi connectivity index (χ1v) is 4.37. The molecule has 9 heteroatoms. The Kier molecular flexibility index (Phi) is 2.35. The summed E-state index contributed by atoms with van der Waals surface area (Å²) in [5.41, 5.74) is -0.536. The summed E-state index contributed by atoms with van der Waals surface area (Å²) in [4.78, 5) is 20.7. The maximum atomic E-state index is 10.7. The summed E-state index contributed by atoms with van der Waals surface area (Å²) in [7, 11) is 1.48. The number of carboxylic acid groups (broad SMARTS) is 1. The molecule has 2 heterocycles. The molecule has 0 aliphatic heterocycles. The van der Waals surface area contributed by atoms with Crippen molar-refractivity contribution in [1.82, 2.24) is 14.9 Å². The number of hydrogen-bond acceptors (Lipinski definition) is 6. The summed E-state index contributed by atoms with van der Waals surface area (Å²) in [6.45, 7) is 0. The molecule has 0 aromatic carbocycles. The van der Waals surface area contributed by atoms with Crippen LogP contribution in [0.25, 0.3) is 11.5 Å². The molecule has 0 aliphatic rings. The summed E-state index contributed by atoms with van der Waals surface area (Å²) in [6.07, 6.45) is 1.05. The number of aromatic nitrogens is 3. The topological polar surface area (TPSA) is 124 Å². The van der Waals surface area contributed by atoms with E-state index in [2.05, 4.69) is 10.3 Å². The Balaban J connectivity index is 2.55. The predicted octanol–water partition coefficient (Wildman–Crippen LogP) is 0.681. The second-order valence-corrected chi connectivity index (χ2v) is 3.14. The first-order chi connectivity index (χ1) is 8.00. The van der Waals surface area contributed by atoms with E-state index in [9.17, 15) is 14.9 Å². The van der Waals surface area contributed by atoms with Crippen molar-refractivity contribution in [3.63, 3.8) is 0 Å². The van der Waals surface area contributed by atoms with Gasteiger partial charge >= 0.3 is 11.7 Å². The average molecular weight is 238 g/mol. The number of aryl methyl sites for hydroxylation is 1. The van der Waals surface area contributed by atoms with E-state index >= 15 is 0 Å². The van der Waals surface area contributed by atoms with E-state index < -0.39 is 10.9 Å². The van der Waals surface area contributed by atoms with Crippen molar-refractivity contribution in [1.29, 1.82) is 0 Å². The minimum absolute atomic E-state index is 0.0194. The third-order valence-electron chi connectivity index (χ3n) is 2.08. The lowest BCUT2D eigenvalue weighted by atomic mass is 10.2. The molecule has 0 amide bonds. The van der Waals surface area contributed by atoms with Gasteiger partial charge in [0.15, 0.2) is 17.1 Å². The Morgan fingerprint density at radius 1 is 1.65 bits per heavy atom. The molecule has 2 aromatic heterocycles. The first-order valence-electron chi connectivity index (χ1n) is 4.37. The fraction of sp³-hybridized carbons (Fsp3) is 0.125. The van der Waals surface area contributed by atoms with Crippen LogP contribution in [0.3, 0.4) is 0 Å². The monoisotopic (exact) mass is 238 g/mol. The van der Waals surface area contributed by atoms with Crippen LogP contribution >= 0.6 is 0 Å². The highest BCUT2D eigenvalue weighted by Crippen LogP contribution is 2.29. The van der Waals surface area contributed by atoms with E-state index in [-0.39, 0.29) is 22.8 Å². The van der Waals surface area contributed by atoms with Gasteiger partial charge in [0.1, 0.15) is 6.20 Å². The number of carbonyl (C=O) groups is 1. The SMILES string of the molecule is Cn1ncc([N+](=O)[O-])c1-c1cc(C(=O)O)no1. The van der Waals surface area contributed by atoms with Crippen molar-refractivity contribution in [2.24, 2.45) is 7.05 Å². The Labute approximate surface area is 93.4 Å². The number of carboxylic acids is 1. The highest BCUT2D eigenvalue weighted by Gasteiger charge is 2.25. The van der Waals surface area contributed by atoms with Crippen LogP contribution in [0.1, 0.15) is 10.5 Å². The van der Waals surface area contributed by atoms with Crippen molar-refractivity contribution in [3.8, 4) is 11.5 Å². The van der Waals surface area contributed by atoms with Crippen molar-refractivity contribution < 1.29 is 19.3 Å². The van der Waals surface area contributed by atoms with E-state index in [1.165, 1.54) is 11.7 Å². The fourth-order valence-corrected chi connectivity index (χ4v) is 1.33. The Bertz CT molecular complexity index is 599. The molecule has 17 heavy (non-hydrogen) atoms. The zero-order valence-electron chi connectivity index (χ0n) is 8.52.